The van der Waals surface area contributed by atoms with Gasteiger partial charge in [-0.3, -0.25) is 9.20 Å². The van der Waals surface area contributed by atoms with Gasteiger partial charge in [-0.05, 0) is 68.7 Å². The van der Waals surface area contributed by atoms with E-state index in [2.05, 4.69) is 44.3 Å². The third-order valence-electron chi connectivity index (χ3n) is 6.77. The zero-order valence-electron chi connectivity index (χ0n) is 19.5. The van der Waals surface area contributed by atoms with E-state index >= 15 is 0 Å². The van der Waals surface area contributed by atoms with E-state index < -0.39 is 0 Å². The molecule has 1 fully saturated rings. The molecular weight excluding hydrogens is 497 g/mol. The maximum absolute atomic E-state index is 13.5. The number of hydrogen-bond donors (Lipinski definition) is 1. The molecule has 1 saturated heterocycles. The van der Waals surface area contributed by atoms with Crippen molar-refractivity contribution in [1.29, 1.82) is 0 Å². The largest absolute Gasteiger partial charge is 0.324 e. The second-order valence-electron chi connectivity index (χ2n) is 9.06. The lowest BCUT2D eigenvalue weighted by Gasteiger charge is -2.29. The summed E-state index contributed by atoms with van der Waals surface area (Å²) in [7, 11) is 2.17. The van der Waals surface area contributed by atoms with Gasteiger partial charge in [0.2, 0.25) is 11.7 Å². The number of likely N-dealkylation sites (tertiary alicyclic amines) is 1. The predicted octanol–water partition coefficient (Wildman–Crippen LogP) is 5.29. The first kappa shape index (κ1) is 23.0. The van der Waals surface area contributed by atoms with E-state index in [9.17, 15) is 4.79 Å². The van der Waals surface area contributed by atoms with Crippen LogP contribution < -0.4 is 10.9 Å². The average Bonchev–Trinajstić information content (AvgIpc) is 3.37. The Kier molecular flexibility index (Phi) is 5.87. The maximum atomic E-state index is 13.5. The number of hydrogen-bond acceptors (Lipinski definition) is 6. The van der Waals surface area contributed by atoms with Crippen LogP contribution in [0.4, 0.5) is 11.6 Å². The molecule has 0 atom stereocenters. The number of nitrogens with one attached hydrogen (secondary N) is 1. The maximum Gasteiger partial charge on any atom is 0.270 e. The molecule has 36 heavy (non-hydrogen) atoms. The second-order valence-corrected chi connectivity index (χ2v) is 9.88. The standard InChI is InChI=1S/C26H23Cl2N7O/c1-33-12-9-17(10-13-33)16-5-7-18(8-6-16)31-25-30-15-19-23(32-25)34-14-11-29-26(34)35(24(19)36)22-20(27)3-2-4-21(22)28/h2-8,11,14-15,17H,9-10,12-13H2,1H3,(H,30,31,32). The van der Waals surface area contributed by atoms with Gasteiger partial charge in [-0.25, -0.2) is 14.5 Å². The first-order valence-electron chi connectivity index (χ1n) is 11.7. The molecule has 1 aliphatic heterocycles. The number of rotatable bonds is 4. The van der Waals surface area contributed by atoms with E-state index in [1.165, 1.54) is 29.2 Å². The van der Waals surface area contributed by atoms with Gasteiger partial charge < -0.3 is 10.2 Å². The van der Waals surface area contributed by atoms with E-state index in [1.807, 2.05) is 12.1 Å². The number of benzene rings is 2. The molecule has 5 aromatic rings. The molecule has 8 nitrogen and oxygen atoms in total. The second kappa shape index (κ2) is 9.20. The molecule has 0 spiro atoms. The van der Waals surface area contributed by atoms with Gasteiger partial charge in [0, 0.05) is 24.3 Å². The van der Waals surface area contributed by atoms with Gasteiger partial charge in [-0.15, -0.1) is 0 Å². The molecule has 0 aliphatic carbocycles. The molecule has 0 amide bonds. The minimum absolute atomic E-state index is 0.319. The van der Waals surface area contributed by atoms with Crippen molar-refractivity contribution >= 4 is 51.6 Å². The molecule has 1 aliphatic rings. The quantitative estimate of drug-likeness (QED) is 0.347. The molecular formula is C26H23Cl2N7O. The van der Waals surface area contributed by atoms with Crippen LogP contribution in [0.2, 0.25) is 10.0 Å². The van der Waals surface area contributed by atoms with Crippen molar-refractivity contribution in [2.24, 2.45) is 0 Å². The first-order valence-corrected chi connectivity index (χ1v) is 12.5. The summed E-state index contributed by atoms with van der Waals surface area (Å²) in [5, 5.41) is 4.27. The number of fused-ring (bicyclic) bond motifs is 3. The van der Waals surface area contributed by atoms with Gasteiger partial charge in [-0.2, -0.15) is 4.98 Å². The molecule has 2 aromatic carbocycles. The van der Waals surface area contributed by atoms with Crippen LogP contribution in [-0.2, 0) is 0 Å². The summed E-state index contributed by atoms with van der Waals surface area (Å²) >= 11 is 12.8. The Balaban J connectivity index is 1.36. The van der Waals surface area contributed by atoms with Crippen LogP contribution in [0.3, 0.4) is 0 Å². The minimum atomic E-state index is -0.354. The molecule has 0 unspecified atom stereocenters. The van der Waals surface area contributed by atoms with Crippen molar-refractivity contribution in [2.45, 2.75) is 18.8 Å². The monoisotopic (exact) mass is 519 g/mol. The van der Waals surface area contributed by atoms with Gasteiger partial charge in [-0.1, -0.05) is 41.4 Å². The first-order chi connectivity index (χ1) is 17.5. The predicted molar refractivity (Wildman–Crippen MR) is 143 cm³/mol. The van der Waals surface area contributed by atoms with Crippen molar-refractivity contribution in [1.82, 2.24) is 28.8 Å². The van der Waals surface area contributed by atoms with Crippen LogP contribution in [0.15, 0.2) is 65.8 Å². The van der Waals surface area contributed by atoms with Gasteiger partial charge in [0.05, 0.1) is 15.7 Å². The van der Waals surface area contributed by atoms with Gasteiger partial charge in [0.25, 0.3) is 5.56 Å². The fraction of sp³-hybridized carbons (Fsp3) is 0.231. The molecule has 0 bridgehead atoms. The molecule has 182 valence electrons. The number of anilines is 2. The van der Waals surface area contributed by atoms with Crippen molar-refractivity contribution in [3.05, 3.63) is 87.0 Å². The van der Waals surface area contributed by atoms with Crippen LogP contribution in [0.1, 0.15) is 24.3 Å². The number of imidazole rings is 1. The summed E-state index contributed by atoms with van der Waals surface area (Å²) < 4.78 is 3.12. The van der Waals surface area contributed by atoms with Crippen molar-refractivity contribution in [2.75, 3.05) is 25.5 Å². The Labute approximate surface area is 217 Å². The van der Waals surface area contributed by atoms with Crippen molar-refractivity contribution < 1.29 is 0 Å². The number of aromatic nitrogens is 5. The lowest BCUT2D eigenvalue weighted by molar-refractivity contribution is 0.255. The lowest BCUT2D eigenvalue weighted by atomic mass is 9.89. The van der Waals surface area contributed by atoms with Crippen molar-refractivity contribution in [3.8, 4) is 5.69 Å². The molecule has 0 radical (unpaired) electrons. The summed E-state index contributed by atoms with van der Waals surface area (Å²) in [5.41, 5.74) is 2.69. The van der Waals surface area contributed by atoms with E-state index in [0.29, 0.717) is 44.4 Å². The molecule has 0 saturated carbocycles. The zero-order chi connectivity index (χ0) is 24.8. The van der Waals surface area contributed by atoms with Gasteiger partial charge in [0.1, 0.15) is 5.39 Å². The summed E-state index contributed by atoms with van der Waals surface area (Å²) in [5.74, 6) is 1.34. The third kappa shape index (κ3) is 4.01. The highest BCUT2D eigenvalue weighted by Gasteiger charge is 2.20. The molecule has 1 N–H and O–H groups in total. The number of para-hydroxylation sites is 1. The van der Waals surface area contributed by atoms with E-state index in [1.54, 1.807) is 35.0 Å². The average molecular weight is 520 g/mol. The Morgan fingerprint density at radius 3 is 2.44 bits per heavy atom. The highest BCUT2D eigenvalue weighted by Crippen LogP contribution is 2.30. The molecule has 6 rings (SSSR count). The van der Waals surface area contributed by atoms with Crippen LogP contribution >= 0.6 is 23.2 Å². The Bertz CT molecular complexity index is 1620. The Morgan fingerprint density at radius 2 is 1.72 bits per heavy atom. The Hall–Kier alpha value is -3.46. The fourth-order valence-electron chi connectivity index (χ4n) is 4.82. The van der Waals surface area contributed by atoms with E-state index in [-0.39, 0.29) is 5.56 Å². The molecule has 4 heterocycles. The highest BCUT2D eigenvalue weighted by molar-refractivity contribution is 6.37. The summed E-state index contributed by atoms with van der Waals surface area (Å²) in [4.78, 5) is 29.3. The summed E-state index contributed by atoms with van der Waals surface area (Å²) in [6.07, 6.45) is 7.21. The number of halogens is 2. The summed E-state index contributed by atoms with van der Waals surface area (Å²) in [6, 6.07) is 13.5. The highest BCUT2D eigenvalue weighted by atomic mass is 35.5. The SMILES string of the molecule is CN1CCC(c2ccc(Nc3ncc4c(=O)n(-c5c(Cl)cccc5Cl)c5nccn5c4n3)cc2)CC1. The van der Waals surface area contributed by atoms with E-state index in [0.717, 1.165) is 18.8 Å². The van der Waals surface area contributed by atoms with Crippen LogP contribution in [-0.4, -0.2) is 49.0 Å². The summed E-state index contributed by atoms with van der Waals surface area (Å²) in [6.45, 7) is 2.26. The minimum Gasteiger partial charge on any atom is -0.324 e. The van der Waals surface area contributed by atoms with Crippen LogP contribution in [0.25, 0.3) is 22.5 Å². The number of nitrogens with zero attached hydrogens (tertiary/aromatic N) is 6. The normalized spacial score (nSPS) is 15.1. The zero-order valence-corrected chi connectivity index (χ0v) is 21.0. The van der Waals surface area contributed by atoms with Crippen LogP contribution in [0, 0.1) is 0 Å². The number of piperidine rings is 1. The molecule has 10 heteroatoms. The van der Waals surface area contributed by atoms with Crippen LogP contribution in [0.5, 0.6) is 0 Å². The van der Waals surface area contributed by atoms with Gasteiger partial charge >= 0.3 is 0 Å². The Morgan fingerprint density at radius 1 is 1.00 bits per heavy atom. The lowest BCUT2D eigenvalue weighted by Crippen LogP contribution is -2.29. The smallest absolute Gasteiger partial charge is 0.270 e. The van der Waals surface area contributed by atoms with Crippen molar-refractivity contribution in [3.63, 3.8) is 0 Å². The fourth-order valence-corrected chi connectivity index (χ4v) is 5.39. The topological polar surface area (TPSA) is 80.4 Å². The van der Waals surface area contributed by atoms with Gasteiger partial charge in [0.15, 0.2) is 5.65 Å². The molecule has 3 aromatic heterocycles. The van der Waals surface area contributed by atoms with E-state index in [4.69, 9.17) is 23.2 Å². The third-order valence-corrected chi connectivity index (χ3v) is 7.38.